The third-order valence-corrected chi connectivity index (χ3v) is 4.17. The largest absolute Gasteiger partial charge is 0.488 e. The molecule has 3 aromatic carbocycles. The van der Waals surface area contributed by atoms with Gasteiger partial charge in [-0.2, -0.15) is 0 Å². The quantitative estimate of drug-likeness (QED) is 0.737. The summed E-state index contributed by atoms with van der Waals surface area (Å²) in [7, 11) is 0. The van der Waals surface area contributed by atoms with Gasteiger partial charge in [0.1, 0.15) is 25.6 Å². The number of ether oxygens (including phenoxy) is 3. The minimum Gasteiger partial charge on any atom is -0.488 e. The second-order valence-corrected chi connectivity index (χ2v) is 6.08. The summed E-state index contributed by atoms with van der Waals surface area (Å²) in [5, 5.41) is 2.89. The van der Waals surface area contributed by atoms with Crippen LogP contribution in [0.2, 0.25) is 0 Å². The standard InChI is InChI=1S/C22H19NO4/c24-22(23-17-10-11-20-21(14-17)26-13-12-25-20)18-8-4-5-9-19(18)27-15-16-6-2-1-3-7-16/h1-11,14H,12-13,15H2,(H,23,24). The molecule has 5 nitrogen and oxygen atoms in total. The molecule has 136 valence electrons. The van der Waals surface area contributed by atoms with Gasteiger partial charge in [0, 0.05) is 11.8 Å². The van der Waals surface area contributed by atoms with Crippen molar-refractivity contribution < 1.29 is 19.0 Å². The van der Waals surface area contributed by atoms with Crippen LogP contribution in [0, 0.1) is 0 Å². The Kier molecular flexibility index (Phi) is 4.92. The summed E-state index contributed by atoms with van der Waals surface area (Å²) in [5.74, 6) is 1.62. The molecule has 1 heterocycles. The predicted molar refractivity (Wildman–Crippen MR) is 103 cm³/mol. The van der Waals surface area contributed by atoms with Crippen LogP contribution in [0.4, 0.5) is 5.69 Å². The molecule has 0 bridgehead atoms. The normalized spacial score (nSPS) is 12.3. The lowest BCUT2D eigenvalue weighted by Crippen LogP contribution is -2.17. The Morgan fingerprint density at radius 2 is 1.63 bits per heavy atom. The van der Waals surface area contributed by atoms with Crippen LogP contribution >= 0.6 is 0 Å². The lowest BCUT2D eigenvalue weighted by molar-refractivity contribution is 0.102. The molecule has 0 fully saturated rings. The van der Waals surface area contributed by atoms with Gasteiger partial charge in [0.25, 0.3) is 5.91 Å². The maximum Gasteiger partial charge on any atom is 0.259 e. The Morgan fingerprint density at radius 3 is 2.48 bits per heavy atom. The van der Waals surface area contributed by atoms with E-state index in [0.717, 1.165) is 5.56 Å². The van der Waals surface area contributed by atoms with Crippen LogP contribution in [0.3, 0.4) is 0 Å². The van der Waals surface area contributed by atoms with Crippen molar-refractivity contribution in [2.75, 3.05) is 18.5 Å². The minimum atomic E-state index is -0.240. The number of anilines is 1. The minimum absolute atomic E-state index is 0.240. The number of carbonyl (C=O) groups excluding carboxylic acids is 1. The molecular weight excluding hydrogens is 342 g/mol. The topological polar surface area (TPSA) is 56.8 Å². The number of hydrogen-bond donors (Lipinski definition) is 1. The zero-order valence-corrected chi connectivity index (χ0v) is 14.7. The maximum atomic E-state index is 12.8. The first-order valence-corrected chi connectivity index (χ1v) is 8.76. The van der Waals surface area contributed by atoms with Crippen molar-refractivity contribution >= 4 is 11.6 Å². The Morgan fingerprint density at radius 1 is 0.889 bits per heavy atom. The van der Waals surface area contributed by atoms with Crippen molar-refractivity contribution in [2.24, 2.45) is 0 Å². The molecule has 0 saturated carbocycles. The van der Waals surface area contributed by atoms with Gasteiger partial charge in [-0.15, -0.1) is 0 Å². The number of rotatable bonds is 5. The third-order valence-electron chi connectivity index (χ3n) is 4.17. The molecule has 0 saturated heterocycles. The monoisotopic (exact) mass is 361 g/mol. The van der Waals surface area contributed by atoms with Crippen molar-refractivity contribution in [3.63, 3.8) is 0 Å². The second kappa shape index (κ2) is 7.83. The van der Waals surface area contributed by atoms with Crippen molar-refractivity contribution in [1.29, 1.82) is 0 Å². The molecule has 1 amide bonds. The van der Waals surface area contributed by atoms with E-state index in [1.165, 1.54) is 0 Å². The molecule has 1 N–H and O–H groups in total. The fourth-order valence-electron chi connectivity index (χ4n) is 2.83. The molecule has 5 heteroatoms. The number of benzene rings is 3. The van der Waals surface area contributed by atoms with Gasteiger partial charge in [-0.1, -0.05) is 42.5 Å². The zero-order valence-electron chi connectivity index (χ0n) is 14.7. The van der Waals surface area contributed by atoms with Gasteiger partial charge in [0.15, 0.2) is 11.5 Å². The van der Waals surface area contributed by atoms with Crippen LogP contribution in [-0.2, 0) is 6.61 Å². The number of fused-ring (bicyclic) bond motifs is 1. The zero-order chi connectivity index (χ0) is 18.5. The van der Waals surface area contributed by atoms with Crippen molar-refractivity contribution in [3.8, 4) is 17.2 Å². The first kappa shape index (κ1) is 17.0. The van der Waals surface area contributed by atoms with E-state index in [1.54, 1.807) is 30.3 Å². The van der Waals surface area contributed by atoms with E-state index in [4.69, 9.17) is 14.2 Å². The van der Waals surface area contributed by atoms with Gasteiger partial charge in [-0.25, -0.2) is 0 Å². The Hall–Kier alpha value is -3.47. The average Bonchev–Trinajstić information content (AvgIpc) is 2.73. The van der Waals surface area contributed by atoms with Gasteiger partial charge in [0.2, 0.25) is 0 Å². The highest BCUT2D eigenvalue weighted by atomic mass is 16.6. The summed E-state index contributed by atoms with van der Waals surface area (Å²) < 4.78 is 16.9. The summed E-state index contributed by atoms with van der Waals surface area (Å²) >= 11 is 0. The smallest absolute Gasteiger partial charge is 0.259 e. The molecule has 0 aliphatic carbocycles. The average molecular weight is 361 g/mol. The summed E-state index contributed by atoms with van der Waals surface area (Å²) in [5.41, 5.74) is 2.16. The lowest BCUT2D eigenvalue weighted by atomic mass is 10.1. The molecule has 4 rings (SSSR count). The summed E-state index contributed by atoms with van der Waals surface area (Å²) in [6, 6.07) is 22.4. The number of carbonyl (C=O) groups is 1. The van der Waals surface area contributed by atoms with Crippen LogP contribution in [0.1, 0.15) is 15.9 Å². The first-order valence-electron chi connectivity index (χ1n) is 8.76. The molecule has 27 heavy (non-hydrogen) atoms. The molecule has 0 atom stereocenters. The molecule has 1 aliphatic heterocycles. The molecule has 0 unspecified atom stereocenters. The SMILES string of the molecule is O=C(Nc1ccc2c(c1)OCCO2)c1ccccc1OCc1ccccc1. The third kappa shape index (κ3) is 4.03. The van der Waals surface area contributed by atoms with Crippen LogP contribution in [0.15, 0.2) is 72.8 Å². The molecular formula is C22H19NO4. The van der Waals surface area contributed by atoms with Gasteiger partial charge in [-0.05, 0) is 29.8 Å². The molecule has 3 aromatic rings. The lowest BCUT2D eigenvalue weighted by Gasteiger charge is -2.19. The van der Waals surface area contributed by atoms with E-state index in [0.29, 0.717) is 48.3 Å². The van der Waals surface area contributed by atoms with Crippen molar-refractivity contribution in [2.45, 2.75) is 6.61 Å². The van der Waals surface area contributed by atoms with E-state index in [-0.39, 0.29) is 5.91 Å². The summed E-state index contributed by atoms with van der Waals surface area (Å²) in [6.07, 6.45) is 0. The van der Waals surface area contributed by atoms with E-state index < -0.39 is 0 Å². The Bertz CT molecular complexity index is 940. The number of nitrogens with one attached hydrogen (secondary N) is 1. The van der Waals surface area contributed by atoms with E-state index in [2.05, 4.69) is 5.32 Å². The van der Waals surface area contributed by atoms with E-state index in [9.17, 15) is 4.79 Å². The predicted octanol–water partition coefficient (Wildman–Crippen LogP) is 4.29. The second-order valence-electron chi connectivity index (χ2n) is 6.08. The van der Waals surface area contributed by atoms with Crippen LogP contribution < -0.4 is 19.5 Å². The van der Waals surface area contributed by atoms with E-state index in [1.807, 2.05) is 42.5 Å². The van der Waals surface area contributed by atoms with Crippen LogP contribution in [0.5, 0.6) is 17.2 Å². The summed E-state index contributed by atoms with van der Waals surface area (Å²) in [6.45, 7) is 1.43. The van der Waals surface area contributed by atoms with Gasteiger partial charge >= 0.3 is 0 Å². The van der Waals surface area contributed by atoms with Crippen LogP contribution in [0.25, 0.3) is 0 Å². The summed E-state index contributed by atoms with van der Waals surface area (Å²) in [4.78, 5) is 12.8. The van der Waals surface area contributed by atoms with Crippen molar-refractivity contribution in [1.82, 2.24) is 0 Å². The van der Waals surface area contributed by atoms with Crippen LogP contribution in [-0.4, -0.2) is 19.1 Å². The Labute approximate surface area is 157 Å². The highest BCUT2D eigenvalue weighted by Gasteiger charge is 2.15. The first-order chi connectivity index (χ1) is 13.3. The number of hydrogen-bond acceptors (Lipinski definition) is 4. The highest BCUT2D eigenvalue weighted by Crippen LogP contribution is 2.33. The van der Waals surface area contributed by atoms with Gasteiger partial charge in [-0.3, -0.25) is 4.79 Å². The van der Waals surface area contributed by atoms with Gasteiger partial charge in [0.05, 0.1) is 5.56 Å². The van der Waals surface area contributed by atoms with E-state index >= 15 is 0 Å². The van der Waals surface area contributed by atoms with Crippen molar-refractivity contribution in [3.05, 3.63) is 83.9 Å². The maximum absolute atomic E-state index is 12.8. The Balaban J connectivity index is 1.49. The number of amides is 1. The molecule has 0 radical (unpaired) electrons. The highest BCUT2D eigenvalue weighted by molar-refractivity contribution is 6.06. The molecule has 0 aromatic heterocycles. The van der Waals surface area contributed by atoms with Gasteiger partial charge < -0.3 is 19.5 Å². The fourth-order valence-corrected chi connectivity index (χ4v) is 2.83. The fraction of sp³-hybridized carbons (Fsp3) is 0.136. The molecule has 1 aliphatic rings. The molecule has 0 spiro atoms. The number of para-hydroxylation sites is 1.